The molecule has 0 aliphatic rings. The second kappa shape index (κ2) is 7.67. The second-order valence-corrected chi connectivity index (χ2v) is 5.16. The molecule has 0 spiro atoms. The zero-order valence-corrected chi connectivity index (χ0v) is 12.1. The lowest BCUT2D eigenvalue weighted by molar-refractivity contribution is -0.145. The Kier molecular flexibility index (Phi) is 6.54. The van der Waals surface area contributed by atoms with Crippen molar-refractivity contribution in [3.8, 4) is 0 Å². The van der Waals surface area contributed by atoms with E-state index in [2.05, 4.69) is 0 Å². The third-order valence-electron chi connectivity index (χ3n) is 1.94. The normalized spacial score (nSPS) is 10.2. The van der Waals surface area contributed by atoms with Gasteiger partial charge in [0.15, 0.2) is 5.78 Å². The Balaban J connectivity index is 2.50. The lowest BCUT2D eigenvalue weighted by Gasteiger charge is -2.05. The van der Waals surface area contributed by atoms with E-state index in [0.717, 1.165) is 0 Å². The molecule has 0 radical (unpaired) electrons. The molecular formula is C12H12Cl2O3S. The van der Waals surface area contributed by atoms with E-state index >= 15 is 0 Å². The highest BCUT2D eigenvalue weighted by molar-refractivity contribution is 8.00. The highest BCUT2D eigenvalue weighted by atomic mass is 35.5. The molecule has 1 aromatic carbocycles. The summed E-state index contributed by atoms with van der Waals surface area (Å²) in [7, 11) is 0. The molecular weight excluding hydrogens is 295 g/mol. The third kappa shape index (κ3) is 4.88. The van der Waals surface area contributed by atoms with Gasteiger partial charge in [-0.25, -0.2) is 0 Å². The zero-order chi connectivity index (χ0) is 13.5. The number of carbonyl (C=O) groups is 2. The van der Waals surface area contributed by atoms with Crippen LogP contribution in [0.1, 0.15) is 13.3 Å². The van der Waals surface area contributed by atoms with Crippen molar-refractivity contribution in [3.05, 3.63) is 28.2 Å². The molecule has 0 aliphatic carbocycles. The highest BCUT2D eigenvalue weighted by Crippen LogP contribution is 2.33. The molecule has 0 aliphatic heterocycles. The molecule has 3 nitrogen and oxygen atoms in total. The Bertz CT molecular complexity index is 429. The average Bonchev–Trinajstić information content (AvgIpc) is 2.28. The van der Waals surface area contributed by atoms with Crippen LogP contribution in [-0.2, 0) is 14.3 Å². The largest absolute Gasteiger partial charge is 0.466 e. The van der Waals surface area contributed by atoms with Crippen LogP contribution in [0.15, 0.2) is 23.1 Å². The van der Waals surface area contributed by atoms with Gasteiger partial charge < -0.3 is 4.74 Å². The van der Waals surface area contributed by atoms with Crippen molar-refractivity contribution in [2.45, 2.75) is 18.2 Å². The first-order chi connectivity index (χ1) is 8.54. The minimum atomic E-state index is -0.506. The maximum absolute atomic E-state index is 11.5. The summed E-state index contributed by atoms with van der Waals surface area (Å²) in [6, 6.07) is 5.13. The summed E-state index contributed by atoms with van der Waals surface area (Å²) in [6.45, 7) is 1.97. The summed E-state index contributed by atoms with van der Waals surface area (Å²) in [4.78, 5) is 23.3. The van der Waals surface area contributed by atoms with Crippen molar-refractivity contribution >= 4 is 46.7 Å². The van der Waals surface area contributed by atoms with Gasteiger partial charge in [-0.15, -0.1) is 11.8 Å². The number of benzene rings is 1. The number of hydrogen-bond acceptors (Lipinski definition) is 4. The molecule has 0 amide bonds. The van der Waals surface area contributed by atoms with Gasteiger partial charge in [0, 0.05) is 4.90 Å². The Morgan fingerprint density at radius 2 is 1.89 bits per heavy atom. The van der Waals surface area contributed by atoms with E-state index < -0.39 is 5.97 Å². The van der Waals surface area contributed by atoms with Crippen LogP contribution in [0.2, 0.25) is 10.0 Å². The van der Waals surface area contributed by atoms with Crippen LogP contribution in [0.3, 0.4) is 0 Å². The van der Waals surface area contributed by atoms with Gasteiger partial charge in [-0.3, -0.25) is 9.59 Å². The number of ketones is 1. The molecule has 0 saturated carbocycles. The lowest BCUT2D eigenvalue weighted by Crippen LogP contribution is -2.12. The lowest BCUT2D eigenvalue weighted by atomic mass is 10.3. The summed E-state index contributed by atoms with van der Waals surface area (Å²) in [6.07, 6.45) is -0.219. The number of hydrogen-bond donors (Lipinski definition) is 0. The van der Waals surface area contributed by atoms with Gasteiger partial charge in [0.2, 0.25) is 0 Å². The maximum Gasteiger partial charge on any atom is 0.313 e. The summed E-state index contributed by atoms with van der Waals surface area (Å²) < 4.78 is 4.69. The second-order valence-electron chi connectivity index (χ2n) is 3.36. The number of rotatable bonds is 6. The molecule has 0 N–H and O–H groups in total. The number of halogens is 2. The minimum absolute atomic E-state index is 0.141. The quantitative estimate of drug-likeness (QED) is 0.457. The Labute approximate surface area is 120 Å². The van der Waals surface area contributed by atoms with E-state index in [0.29, 0.717) is 14.9 Å². The molecule has 1 rings (SSSR count). The third-order valence-corrected chi connectivity index (χ3v) is 3.99. The predicted octanol–water partition coefficient (Wildman–Crippen LogP) is 3.61. The molecule has 0 fully saturated rings. The fourth-order valence-electron chi connectivity index (χ4n) is 1.20. The topological polar surface area (TPSA) is 43.4 Å². The smallest absolute Gasteiger partial charge is 0.313 e. The van der Waals surface area contributed by atoms with Gasteiger partial charge >= 0.3 is 5.97 Å². The monoisotopic (exact) mass is 306 g/mol. The highest BCUT2D eigenvalue weighted by Gasteiger charge is 2.13. The van der Waals surface area contributed by atoms with E-state index in [1.54, 1.807) is 25.1 Å². The van der Waals surface area contributed by atoms with Crippen molar-refractivity contribution in [1.29, 1.82) is 0 Å². The van der Waals surface area contributed by atoms with Crippen molar-refractivity contribution in [2.24, 2.45) is 0 Å². The molecule has 0 atom stereocenters. The van der Waals surface area contributed by atoms with E-state index in [1.165, 1.54) is 11.8 Å². The summed E-state index contributed by atoms with van der Waals surface area (Å²) >= 11 is 13.1. The number of thioether (sulfide) groups is 1. The molecule has 0 aromatic heterocycles. The van der Waals surface area contributed by atoms with E-state index in [-0.39, 0.29) is 24.6 Å². The van der Waals surface area contributed by atoms with Gasteiger partial charge in [0.25, 0.3) is 0 Å². The minimum Gasteiger partial charge on any atom is -0.466 e. The molecule has 6 heteroatoms. The number of Topliss-reactive ketones (excluding diaryl/α,β-unsaturated/α-hetero) is 1. The van der Waals surface area contributed by atoms with Crippen LogP contribution in [0.5, 0.6) is 0 Å². The van der Waals surface area contributed by atoms with Crippen LogP contribution in [0, 0.1) is 0 Å². The SMILES string of the molecule is CCOC(=O)CC(=O)CSc1c(Cl)cccc1Cl. The van der Waals surface area contributed by atoms with Crippen LogP contribution < -0.4 is 0 Å². The number of ether oxygens (including phenoxy) is 1. The van der Waals surface area contributed by atoms with Gasteiger partial charge in [0.1, 0.15) is 6.42 Å². The fourth-order valence-corrected chi connectivity index (χ4v) is 2.74. The van der Waals surface area contributed by atoms with Gasteiger partial charge in [-0.2, -0.15) is 0 Å². The standard InChI is InChI=1S/C12H12Cl2O3S/c1-2-17-11(16)6-8(15)7-18-12-9(13)4-3-5-10(12)14/h3-5H,2,6-7H2,1H3. The summed E-state index contributed by atoms with van der Waals surface area (Å²) in [5, 5.41) is 0.993. The Morgan fingerprint density at radius 1 is 1.28 bits per heavy atom. The van der Waals surface area contributed by atoms with Crippen molar-refractivity contribution in [2.75, 3.05) is 12.4 Å². The average molecular weight is 307 g/mol. The summed E-state index contributed by atoms with van der Waals surface area (Å²) in [5.41, 5.74) is 0. The number of carbonyl (C=O) groups excluding carboxylic acids is 2. The van der Waals surface area contributed by atoms with E-state index in [4.69, 9.17) is 27.9 Å². The number of esters is 1. The first kappa shape index (κ1) is 15.3. The molecule has 0 bridgehead atoms. The van der Waals surface area contributed by atoms with Crippen LogP contribution in [0.4, 0.5) is 0 Å². The van der Waals surface area contributed by atoms with E-state index in [9.17, 15) is 9.59 Å². The van der Waals surface area contributed by atoms with Crippen molar-refractivity contribution < 1.29 is 14.3 Å². The Morgan fingerprint density at radius 3 is 2.44 bits per heavy atom. The summed E-state index contributed by atoms with van der Waals surface area (Å²) in [5.74, 6) is -0.578. The zero-order valence-electron chi connectivity index (χ0n) is 9.74. The molecule has 18 heavy (non-hydrogen) atoms. The molecule has 98 valence electrons. The maximum atomic E-state index is 11.5. The van der Waals surface area contributed by atoms with Crippen molar-refractivity contribution in [3.63, 3.8) is 0 Å². The molecule has 0 unspecified atom stereocenters. The van der Waals surface area contributed by atoms with Gasteiger partial charge in [-0.1, -0.05) is 29.3 Å². The first-order valence-electron chi connectivity index (χ1n) is 5.28. The van der Waals surface area contributed by atoms with Gasteiger partial charge in [0.05, 0.1) is 22.4 Å². The van der Waals surface area contributed by atoms with Gasteiger partial charge in [-0.05, 0) is 19.1 Å². The van der Waals surface area contributed by atoms with Crippen molar-refractivity contribution in [1.82, 2.24) is 0 Å². The molecule has 1 aromatic rings. The predicted molar refractivity (Wildman–Crippen MR) is 73.4 cm³/mol. The first-order valence-corrected chi connectivity index (χ1v) is 7.03. The fraction of sp³-hybridized carbons (Fsp3) is 0.333. The molecule has 0 heterocycles. The Hall–Kier alpha value is -0.710. The van der Waals surface area contributed by atoms with Crippen LogP contribution in [-0.4, -0.2) is 24.1 Å². The van der Waals surface area contributed by atoms with Crippen LogP contribution >= 0.6 is 35.0 Å². The molecule has 0 saturated heterocycles. The van der Waals surface area contributed by atoms with E-state index in [1.807, 2.05) is 0 Å². The van der Waals surface area contributed by atoms with Crippen LogP contribution in [0.25, 0.3) is 0 Å².